The summed E-state index contributed by atoms with van der Waals surface area (Å²) in [5, 5.41) is 2.54. The second-order valence-electron chi connectivity index (χ2n) is 3.53. The molecular weight excluding hydrogens is 219 g/mol. The number of amides is 1. The fraction of sp³-hybridized carbons (Fsp3) is 0.182. The summed E-state index contributed by atoms with van der Waals surface area (Å²) in [7, 11) is 0. The monoisotopic (exact) mass is 227 g/mol. The van der Waals surface area contributed by atoms with Crippen molar-refractivity contribution in [1.29, 1.82) is 0 Å². The number of hydrogen-bond donors (Lipinski definition) is 1. The summed E-state index contributed by atoms with van der Waals surface area (Å²) in [6.07, 6.45) is -4.47. The van der Waals surface area contributed by atoms with Gasteiger partial charge in [0, 0.05) is 12.1 Å². The van der Waals surface area contributed by atoms with Crippen LogP contribution in [0.25, 0.3) is 5.57 Å². The molecule has 0 atom stereocenters. The first-order valence-corrected chi connectivity index (χ1v) is 4.57. The second-order valence-corrected chi connectivity index (χ2v) is 3.53. The third kappa shape index (κ3) is 1.68. The van der Waals surface area contributed by atoms with Crippen LogP contribution in [0, 0.1) is 0 Å². The Kier molecular flexibility index (Phi) is 2.26. The van der Waals surface area contributed by atoms with Gasteiger partial charge in [0.1, 0.15) is 0 Å². The van der Waals surface area contributed by atoms with Gasteiger partial charge in [-0.3, -0.25) is 4.79 Å². The molecule has 0 aliphatic carbocycles. The van der Waals surface area contributed by atoms with Crippen molar-refractivity contribution in [3.05, 3.63) is 41.5 Å². The molecule has 16 heavy (non-hydrogen) atoms. The lowest BCUT2D eigenvalue weighted by Gasteiger charge is -2.10. The number of carbonyl (C=O) groups is 1. The molecule has 0 saturated carbocycles. The maximum Gasteiger partial charge on any atom is 0.416 e. The molecule has 1 aliphatic heterocycles. The van der Waals surface area contributed by atoms with Crippen LogP contribution in [0.3, 0.4) is 0 Å². The third-order valence-corrected chi connectivity index (χ3v) is 2.48. The predicted octanol–water partition coefficient (Wildman–Crippen LogP) is 2.51. The second kappa shape index (κ2) is 3.37. The topological polar surface area (TPSA) is 29.1 Å². The Bertz CT molecular complexity index is 477. The summed E-state index contributed by atoms with van der Waals surface area (Å²) in [4.78, 5) is 11.3. The number of hydrogen-bond acceptors (Lipinski definition) is 1. The van der Waals surface area contributed by atoms with Gasteiger partial charge in [-0.25, -0.2) is 0 Å². The molecule has 1 aromatic rings. The highest BCUT2D eigenvalue weighted by Crippen LogP contribution is 2.33. The first-order chi connectivity index (χ1) is 7.39. The van der Waals surface area contributed by atoms with Gasteiger partial charge >= 0.3 is 6.18 Å². The summed E-state index contributed by atoms with van der Waals surface area (Å²) >= 11 is 0. The molecule has 1 heterocycles. The minimum atomic E-state index is -4.47. The summed E-state index contributed by atoms with van der Waals surface area (Å²) in [6, 6.07) is 4.07. The molecule has 0 fully saturated rings. The van der Waals surface area contributed by atoms with Crippen molar-refractivity contribution in [2.45, 2.75) is 12.7 Å². The van der Waals surface area contributed by atoms with Gasteiger partial charge in [-0.15, -0.1) is 0 Å². The van der Waals surface area contributed by atoms with E-state index in [1.54, 1.807) is 0 Å². The lowest BCUT2D eigenvalue weighted by Crippen LogP contribution is -2.13. The van der Waals surface area contributed by atoms with Crippen molar-refractivity contribution in [2.75, 3.05) is 0 Å². The molecule has 0 spiro atoms. The fourth-order valence-electron chi connectivity index (χ4n) is 1.56. The summed E-state index contributed by atoms with van der Waals surface area (Å²) in [5.41, 5.74) is 0.00456. The maximum absolute atomic E-state index is 12.4. The van der Waals surface area contributed by atoms with Gasteiger partial charge in [-0.1, -0.05) is 18.7 Å². The molecule has 84 valence electrons. The first-order valence-electron chi connectivity index (χ1n) is 4.57. The van der Waals surface area contributed by atoms with Crippen molar-refractivity contribution in [3.8, 4) is 0 Å². The Labute approximate surface area is 89.8 Å². The maximum atomic E-state index is 12.4. The zero-order valence-electron chi connectivity index (χ0n) is 8.19. The molecule has 2 nitrogen and oxygen atoms in total. The summed E-state index contributed by atoms with van der Waals surface area (Å²) in [5.74, 6) is -0.341. The molecule has 0 bridgehead atoms. The molecule has 0 unspecified atom stereocenters. The Morgan fingerprint density at radius 2 is 2.06 bits per heavy atom. The van der Waals surface area contributed by atoms with Crippen molar-refractivity contribution >= 4 is 11.5 Å². The van der Waals surface area contributed by atoms with Gasteiger partial charge in [0.15, 0.2) is 0 Å². The summed E-state index contributed by atoms with van der Waals surface area (Å²) < 4.78 is 37.2. The average molecular weight is 227 g/mol. The van der Waals surface area contributed by atoms with Crippen LogP contribution in [0.1, 0.15) is 21.5 Å². The molecule has 1 aliphatic rings. The minimum absolute atomic E-state index is 0.0664. The van der Waals surface area contributed by atoms with E-state index in [0.717, 1.165) is 0 Å². The van der Waals surface area contributed by atoms with E-state index >= 15 is 0 Å². The molecule has 0 saturated heterocycles. The Morgan fingerprint density at radius 1 is 1.38 bits per heavy atom. The van der Waals surface area contributed by atoms with Crippen LogP contribution in [0.15, 0.2) is 24.8 Å². The van der Waals surface area contributed by atoms with E-state index < -0.39 is 11.7 Å². The van der Waals surface area contributed by atoms with Crippen LogP contribution in [0.5, 0.6) is 0 Å². The van der Waals surface area contributed by atoms with E-state index in [0.29, 0.717) is 17.7 Å². The van der Waals surface area contributed by atoms with Gasteiger partial charge in [-0.05, 0) is 17.2 Å². The van der Waals surface area contributed by atoms with Crippen LogP contribution in [0.4, 0.5) is 13.2 Å². The average Bonchev–Trinajstić information content (AvgIpc) is 2.58. The number of rotatable bonds is 1. The third-order valence-electron chi connectivity index (χ3n) is 2.48. The molecule has 2 rings (SSSR count). The zero-order valence-corrected chi connectivity index (χ0v) is 8.19. The Hall–Kier alpha value is -1.78. The normalized spacial score (nSPS) is 14.6. The van der Waals surface area contributed by atoms with Crippen LogP contribution in [-0.2, 0) is 6.54 Å². The molecule has 1 N–H and O–H groups in total. The largest absolute Gasteiger partial charge is 0.416 e. The Morgan fingerprint density at radius 3 is 2.69 bits per heavy atom. The zero-order chi connectivity index (χ0) is 11.9. The van der Waals surface area contributed by atoms with Crippen molar-refractivity contribution in [2.24, 2.45) is 0 Å². The Balaban J connectivity index is 2.43. The van der Waals surface area contributed by atoms with E-state index in [1.165, 1.54) is 18.2 Å². The highest BCUT2D eigenvalue weighted by molar-refractivity contribution is 5.99. The van der Waals surface area contributed by atoms with E-state index in [-0.39, 0.29) is 11.5 Å². The lowest BCUT2D eigenvalue weighted by molar-refractivity contribution is -0.0686. The first kappa shape index (κ1) is 10.7. The number of fused-ring (bicyclic) bond motifs is 1. The van der Waals surface area contributed by atoms with E-state index in [4.69, 9.17) is 0 Å². The standard InChI is InChI=1S/C11H8F3NO/c1-6(11(12,13)14)7-2-3-8-5-15-10(16)9(8)4-7/h2-4H,1,5H2,(H,15,16). The van der Waals surface area contributed by atoms with Crippen LogP contribution in [-0.4, -0.2) is 12.1 Å². The molecule has 1 aromatic carbocycles. The molecule has 0 aromatic heterocycles. The van der Waals surface area contributed by atoms with Crippen LogP contribution >= 0.6 is 0 Å². The van der Waals surface area contributed by atoms with E-state index in [1.807, 2.05) is 0 Å². The van der Waals surface area contributed by atoms with Crippen LogP contribution < -0.4 is 5.32 Å². The van der Waals surface area contributed by atoms with Gasteiger partial charge in [0.05, 0.1) is 5.57 Å². The van der Waals surface area contributed by atoms with Gasteiger partial charge in [0.25, 0.3) is 5.91 Å². The van der Waals surface area contributed by atoms with Gasteiger partial charge in [0.2, 0.25) is 0 Å². The predicted molar refractivity (Wildman–Crippen MR) is 52.7 cm³/mol. The van der Waals surface area contributed by atoms with E-state index in [2.05, 4.69) is 11.9 Å². The molecule has 0 radical (unpaired) electrons. The van der Waals surface area contributed by atoms with Crippen molar-refractivity contribution < 1.29 is 18.0 Å². The highest BCUT2D eigenvalue weighted by Gasteiger charge is 2.33. The summed E-state index contributed by atoms with van der Waals surface area (Å²) in [6.45, 7) is 3.36. The number of allylic oxidation sites excluding steroid dienone is 1. The van der Waals surface area contributed by atoms with Crippen molar-refractivity contribution in [1.82, 2.24) is 5.32 Å². The fourth-order valence-corrected chi connectivity index (χ4v) is 1.56. The quantitative estimate of drug-likeness (QED) is 0.784. The van der Waals surface area contributed by atoms with Gasteiger partial charge in [-0.2, -0.15) is 13.2 Å². The smallest absolute Gasteiger partial charge is 0.348 e. The van der Waals surface area contributed by atoms with Gasteiger partial charge < -0.3 is 5.32 Å². The lowest BCUT2D eigenvalue weighted by atomic mass is 10.0. The van der Waals surface area contributed by atoms with Crippen LogP contribution in [0.2, 0.25) is 0 Å². The highest BCUT2D eigenvalue weighted by atomic mass is 19.4. The SMILES string of the molecule is C=C(c1ccc2c(c1)C(=O)NC2)C(F)(F)F. The number of alkyl halides is 3. The molecule has 5 heteroatoms. The van der Waals surface area contributed by atoms with Crippen molar-refractivity contribution in [3.63, 3.8) is 0 Å². The van der Waals surface area contributed by atoms with E-state index in [9.17, 15) is 18.0 Å². The number of nitrogens with one attached hydrogen (secondary N) is 1. The minimum Gasteiger partial charge on any atom is -0.348 e. The molecular formula is C11H8F3NO. The number of carbonyl (C=O) groups excluding carboxylic acids is 1. The molecule has 1 amide bonds. The number of benzene rings is 1. The number of halogens is 3.